The number of rotatable bonds is 5. The molecule has 0 saturated carbocycles. The van der Waals surface area contributed by atoms with Crippen LogP contribution in [-0.4, -0.2) is 24.9 Å². The molecule has 0 aliphatic carbocycles. The minimum atomic E-state index is 0.937. The van der Waals surface area contributed by atoms with E-state index < -0.39 is 0 Å². The lowest BCUT2D eigenvalue weighted by Gasteiger charge is -2.11. The lowest BCUT2D eigenvalue weighted by molar-refractivity contribution is -0.672. The van der Waals surface area contributed by atoms with E-state index >= 15 is 0 Å². The third-order valence-electron chi connectivity index (χ3n) is 21.7. The summed E-state index contributed by atoms with van der Waals surface area (Å²) in [5.74, 6) is 0. The molecule has 0 unspecified atom stereocenters. The Morgan fingerprint density at radius 3 is 1.21 bits per heavy atom. The molecule has 0 atom stereocenters. The number of benzene rings is 5. The van der Waals surface area contributed by atoms with Gasteiger partial charge in [-0.15, -0.1) is 0 Å². The van der Waals surface area contributed by atoms with E-state index in [1.54, 1.807) is 0 Å². The fourth-order valence-electron chi connectivity index (χ4n) is 16.6. The summed E-state index contributed by atoms with van der Waals surface area (Å²) in [7, 11) is 0. The molecule has 0 bridgehead atoms. The number of aryl methyl sites for hydroxylation is 11. The van der Waals surface area contributed by atoms with Crippen molar-refractivity contribution in [3.05, 3.63) is 358 Å². The van der Waals surface area contributed by atoms with Crippen molar-refractivity contribution in [2.45, 2.75) is 109 Å². The van der Waals surface area contributed by atoms with Crippen LogP contribution >= 0.6 is 0 Å². The minimum absolute atomic E-state index is 0.937. The maximum Gasteiger partial charge on any atom is 0.215 e. The van der Waals surface area contributed by atoms with E-state index in [4.69, 9.17) is 9.97 Å². The molecule has 0 radical (unpaired) electrons. The summed E-state index contributed by atoms with van der Waals surface area (Å²) in [6.45, 7) is 28.2. The van der Waals surface area contributed by atoms with E-state index in [1.165, 1.54) is 162 Å². The Bertz CT molecular complexity index is 5950. The van der Waals surface area contributed by atoms with Crippen molar-refractivity contribution < 1.29 is 22.8 Å². The first-order valence-corrected chi connectivity index (χ1v) is 36.8. The Morgan fingerprint density at radius 2 is 0.651 bits per heavy atom. The van der Waals surface area contributed by atoms with E-state index in [2.05, 4.69) is 363 Å². The van der Waals surface area contributed by atoms with E-state index in [-0.39, 0.29) is 0 Å². The molecule has 5 aromatic carbocycles. The van der Waals surface area contributed by atoms with Crippen LogP contribution in [0.2, 0.25) is 0 Å². The molecular weight excluding hydrogens is 1290 g/mol. The summed E-state index contributed by atoms with van der Waals surface area (Å²) in [5, 5.41) is 0. The summed E-state index contributed by atoms with van der Waals surface area (Å²) in [5.41, 5.74) is 45.5. The fraction of sp³-hybridized carbons (Fsp3) is 0.167. The zero-order chi connectivity index (χ0) is 72.9. The van der Waals surface area contributed by atoms with Crippen LogP contribution < -0.4 is 22.8 Å². The topological polar surface area (TPSA) is 83.9 Å². The Balaban J connectivity index is 0.000000102. The average molecular weight is 1380 g/mol. The second kappa shape index (κ2) is 28.7. The zero-order valence-electron chi connectivity index (χ0n) is 62.4. The molecule has 15 aromatic rings. The minimum Gasteiger partial charge on any atom is -0.261 e. The highest BCUT2D eigenvalue weighted by Gasteiger charge is 2.34. The van der Waals surface area contributed by atoms with Gasteiger partial charge in [0.2, 0.25) is 28.5 Å². The first-order valence-electron chi connectivity index (χ1n) is 36.8. The molecule has 0 spiro atoms. The second-order valence-electron chi connectivity index (χ2n) is 28.8. The Morgan fingerprint density at radius 1 is 0.236 bits per heavy atom. The average Bonchev–Trinajstić information content (AvgIpc) is 1.56. The van der Waals surface area contributed by atoms with Gasteiger partial charge in [0, 0.05) is 117 Å². The molecular formula is C96H87N10+5. The van der Waals surface area contributed by atoms with E-state index in [9.17, 15) is 0 Å². The van der Waals surface area contributed by atoms with E-state index in [0.29, 0.717) is 0 Å². The molecule has 106 heavy (non-hydrogen) atoms. The van der Waals surface area contributed by atoms with Crippen molar-refractivity contribution in [2.24, 2.45) is 0 Å². The highest BCUT2D eigenvalue weighted by atomic mass is 15.0. The number of pyridine rings is 10. The lowest BCUT2D eigenvalue weighted by Crippen LogP contribution is -2.32. The van der Waals surface area contributed by atoms with Gasteiger partial charge in [0.25, 0.3) is 0 Å². The summed E-state index contributed by atoms with van der Waals surface area (Å²) in [4.78, 5) is 23.1. The van der Waals surface area contributed by atoms with Gasteiger partial charge in [-0.2, -0.15) is 22.8 Å². The largest absolute Gasteiger partial charge is 0.261 e. The number of hydrogen-bond acceptors (Lipinski definition) is 5. The SMILES string of the molecule is Cc1c[n+]2c(cc1-c1ccccc1)-c1c(ccnc1C)C2.Cc1cccc(C)c1-c1cc2c(c(C)n1)-c1cccc[n+]1C2.Cc1ccccc1-c1cc2c(c(C)n1)-c1cccc[n+]1C2.Cc1ccccc1-c1cc[n+]2c(c1)-c1c(ccnc1C)C2.Cc1ccccc1-c1ccc2[n+](c1)Cc1ccnc(C)c1-2. The van der Waals surface area contributed by atoms with Gasteiger partial charge in [0.05, 0.1) is 67.7 Å². The summed E-state index contributed by atoms with van der Waals surface area (Å²) in [6.07, 6.45) is 16.7. The van der Waals surface area contributed by atoms with E-state index in [0.717, 1.165) is 72.6 Å². The smallest absolute Gasteiger partial charge is 0.215 e. The molecule has 10 heteroatoms. The molecule has 10 nitrogen and oxygen atoms in total. The van der Waals surface area contributed by atoms with Gasteiger partial charge < -0.3 is 0 Å². The van der Waals surface area contributed by atoms with Gasteiger partial charge in [-0.3, -0.25) is 24.9 Å². The van der Waals surface area contributed by atoms with Crippen molar-refractivity contribution in [1.29, 1.82) is 0 Å². The van der Waals surface area contributed by atoms with Gasteiger partial charge >= 0.3 is 0 Å². The first-order chi connectivity index (χ1) is 51.6. The van der Waals surface area contributed by atoms with Gasteiger partial charge in [-0.05, 0) is 180 Å². The third kappa shape index (κ3) is 13.0. The summed E-state index contributed by atoms with van der Waals surface area (Å²) in [6, 6.07) is 77.4. The molecule has 0 saturated heterocycles. The summed E-state index contributed by atoms with van der Waals surface area (Å²) >= 11 is 0. The number of aromatic nitrogens is 10. The standard InChI is InChI=1S/C20H19N2.4C19H17N2/c1-13-7-6-8-14(2)19(13)17-11-16-12-22-10-5-4-9-18(22)20(16)15(3)21-17;1-13-7-3-4-8-16(13)17-11-15-12-21-10-6-5-9-18(21)19(15)14(2)20-17;1-13-5-3-4-6-17(13)15-8-10-21-12-16-7-9-20-14(2)19(16)18(21)11-15;1-13-5-3-4-6-17(13)15-7-8-18-19-14(2)20-10-9-16(19)12-21(18)11-15;1-13-11-21-12-16-8-9-20-14(2)19(16)18(21)10-17(13)15-6-4-3-5-7-15/h4-11H,12H2,1-3H3;4*3-11H,12H2,1-2H3/q5*+1. The number of fused-ring (bicyclic) bond motifs is 15. The Hall–Kier alpha value is -12.4. The maximum atomic E-state index is 4.92. The van der Waals surface area contributed by atoms with Crippen molar-refractivity contribution >= 4 is 0 Å². The van der Waals surface area contributed by atoms with Crippen LogP contribution in [0.1, 0.15) is 89.7 Å². The Labute approximate surface area is 622 Å². The number of nitrogens with zero attached hydrogens (tertiary/aromatic N) is 10. The number of hydrogen-bond donors (Lipinski definition) is 0. The molecule has 0 amide bonds. The molecule has 5 aliphatic heterocycles. The van der Waals surface area contributed by atoms with Crippen molar-refractivity contribution in [3.8, 4) is 112 Å². The van der Waals surface area contributed by atoms with Crippen LogP contribution in [0.25, 0.3) is 112 Å². The monoisotopic (exact) mass is 1380 g/mol. The van der Waals surface area contributed by atoms with Crippen LogP contribution in [-0.2, 0) is 32.7 Å². The van der Waals surface area contributed by atoms with Crippen molar-refractivity contribution in [2.75, 3.05) is 0 Å². The van der Waals surface area contributed by atoms with E-state index in [1.807, 2.05) is 18.6 Å². The highest BCUT2D eigenvalue weighted by molar-refractivity contribution is 5.79. The molecule has 0 fully saturated rings. The zero-order valence-corrected chi connectivity index (χ0v) is 62.4. The van der Waals surface area contributed by atoms with Crippen LogP contribution in [0.5, 0.6) is 0 Å². The third-order valence-corrected chi connectivity index (χ3v) is 21.7. The van der Waals surface area contributed by atoms with Crippen LogP contribution in [0.4, 0.5) is 0 Å². The van der Waals surface area contributed by atoms with Crippen molar-refractivity contribution in [1.82, 2.24) is 24.9 Å². The predicted molar refractivity (Wildman–Crippen MR) is 424 cm³/mol. The van der Waals surface area contributed by atoms with Gasteiger partial charge in [0.1, 0.15) is 0 Å². The van der Waals surface area contributed by atoms with Gasteiger partial charge in [-0.1, -0.05) is 121 Å². The molecule has 5 aliphatic rings. The molecule has 516 valence electrons. The lowest BCUT2D eigenvalue weighted by atomic mass is 9.96. The fourth-order valence-corrected chi connectivity index (χ4v) is 16.6. The summed E-state index contributed by atoms with van der Waals surface area (Å²) < 4.78 is 11.6. The van der Waals surface area contributed by atoms with Gasteiger partial charge in [0.15, 0.2) is 63.7 Å². The first kappa shape index (κ1) is 68.1. The predicted octanol–water partition coefficient (Wildman–Crippen LogP) is 18.7. The van der Waals surface area contributed by atoms with Gasteiger partial charge in [-0.25, -0.2) is 0 Å². The van der Waals surface area contributed by atoms with Crippen LogP contribution in [0.15, 0.2) is 268 Å². The maximum absolute atomic E-state index is 4.92. The normalized spacial score (nSPS) is 12.1. The molecule has 0 N–H and O–H groups in total. The highest BCUT2D eigenvalue weighted by Crippen LogP contribution is 2.39. The molecule has 15 heterocycles. The molecule has 20 rings (SSSR count). The quantitative estimate of drug-likeness (QED) is 0.160. The Kier molecular flexibility index (Phi) is 18.4. The van der Waals surface area contributed by atoms with Crippen LogP contribution in [0, 0.1) is 76.2 Å². The van der Waals surface area contributed by atoms with Crippen LogP contribution in [0.3, 0.4) is 0 Å². The van der Waals surface area contributed by atoms with Crippen molar-refractivity contribution in [3.63, 3.8) is 0 Å². The second-order valence-corrected chi connectivity index (χ2v) is 28.8. The molecule has 10 aromatic heterocycles.